The molecule has 8 heteroatoms. The first-order valence-electron chi connectivity index (χ1n) is 10.3. The van der Waals surface area contributed by atoms with E-state index in [0.29, 0.717) is 23.6 Å². The molecule has 5 nitrogen and oxygen atoms in total. The van der Waals surface area contributed by atoms with E-state index < -0.39 is 9.84 Å². The third kappa shape index (κ3) is 4.96. The predicted molar refractivity (Wildman–Crippen MR) is 123 cm³/mol. The lowest BCUT2D eigenvalue weighted by molar-refractivity contribution is 0.291. The quantitative estimate of drug-likeness (QED) is 0.359. The monoisotopic (exact) mass is 468 g/mol. The second-order valence-corrected chi connectivity index (χ2v) is 9.58. The molecule has 1 heterocycles. The van der Waals surface area contributed by atoms with E-state index in [-0.39, 0.29) is 23.1 Å². The van der Waals surface area contributed by atoms with Crippen molar-refractivity contribution in [3.8, 4) is 28.3 Å². The van der Waals surface area contributed by atoms with E-state index in [4.69, 9.17) is 4.74 Å². The number of nitrogens with zero attached hydrogens (tertiary/aromatic N) is 2. The number of aromatic nitrogens is 2. The van der Waals surface area contributed by atoms with Crippen LogP contribution in [-0.4, -0.2) is 24.5 Å². The largest absolute Gasteiger partial charge is 0.471 e. The molecule has 0 aliphatic carbocycles. The Morgan fingerprint density at radius 1 is 0.848 bits per heavy atom. The molecule has 0 saturated heterocycles. The summed E-state index contributed by atoms with van der Waals surface area (Å²) in [7, 11) is -3.34. The zero-order valence-electron chi connectivity index (χ0n) is 18.1. The van der Waals surface area contributed by atoms with Crippen molar-refractivity contribution in [2.75, 3.05) is 6.26 Å². The van der Waals surface area contributed by atoms with Crippen LogP contribution in [0, 0.1) is 11.6 Å². The minimum absolute atomic E-state index is 0.168. The smallest absolute Gasteiger partial charge is 0.241 e. The molecular weight excluding hydrogens is 446 g/mol. The molecule has 0 spiro atoms. The molecule has 170 valence electrons. The minimum atomic E-state index is -3.34. The Morgan fingerprint density at radius 3 is 1.94 bits per heavy atom. The van der Waals surface area contributed by atoms with Crippen molar-refractivity contribution < 1.29 is 21.9 Å². The third-order valence-electron chi connectivity index (χ3n) is 5.20. The summed E-state index contributed by atoms with van der Waals surface area (Å²) >= 11 is 0. The van der Waals surface area contributed by atoms with Gasteiger partial charge >= 0.3 is 0 Å². The maximum absolute atomic E-state index is 13.6. The highest BCUT2D eigenvalue weighted by atomic mass is 32.2. The van der Waals surface area contributed by atoms with E-state index in [0.717, 1.165) is 23.1 Å². The van der Waals surface area contributed by atoms with Crippen molar-refractivity contribution in [2.24, 2.45) is 0 Å². The first kappa shape index (κ1) is 22.7. The lowest BCUT2D eigenvalue weighted by atomic mass is 10.0. The molecule has 0 aliphatic rings. The number of sulfone groups is 1. The second kappa shape index (κ2) is 9.15. The van der Waals surface area contributed by atoms with Gasteiger partial charge in [0.1, 0.15) is 18.2 Å². The van der Waals surface area contributed by atoms with Gasteiger partial charge < -0.3 is 4.74 Å². The van der Waals surface area contributed by atoms with Crippen LogP contribution in [0.15, 0.2) is 77.7 Å². The molecule has 0 N–H and O–H groups in total. The van der Waals surface area contributed by atoms with Crippen molar-refractivity contribution in [3.05, 3.63) is 90.0 Å². The number of hydrogen-bond acceptors (Lipinski definition) is 4. The summed E-state index contributed by atoms with van der Waals surface area (Å²) in [4.78, 5) is 0.213. The molecule has 1 aromatic heterocycles. The molecule has 0 aliphatic heterocycles. The van der Waals surface area contributed by atoms with Crippen LogP contribution in [0.25, 0.3) is 22.4 Å². The van der Waals surface area contributed by atoms with Gasteiger partial charge in [-0.3, -0.25) is 4.68 Å². The van der Waals surface area contributed by atoms with E-state index in [1.54, 1.807) is 53.2 Å². The van der Waals surface area contributed by atoms with Gasteiger partial charge in [-0.1, -0.05) is 36.4 Å². The third-order valence-corrected chi connectivity index (χ3v) is 6.33. The molecule has 3 aromatic carbocycles. The number of rotatable bonds is 7. The Balaban J connectivity index is 1.82. The first-order valence-corrected chi connectivity index (χ1v) is 12.2. The molecule has 0 atom stereocenters. The van der Waals surface area contributed by atoms with Crippen molar-refractivity contribution in [3.63, 3.8) is 0 Å². The summed E-state index contributed by atoms with van der Waals surface area (Å²) in [6.45, 7) is 2.62. The average Bonchev–Trinajstić information content (AvgIpc) is 3.17. The Kier molecular flexibility index (Phi) is 6.29. The van der Waals surface area contributed by atoms with Crippen LogP contribution in [0.2, 0.25) is 0 Å². The lowest BCUT2D eigenvalue weighted by Crippen LogP contribution is -2.01. The fraction of sp³-hybridized carbons (Fsp3) is 0.160. The van der Waals surface area contributed by atoms with Gasteiger partial charge in [0, 0.05) is 18.4 Å². The van der Waals surface area contributed by atoms with E-state index in [1.165, 1.54) is 24.3 Å². The molecule has 0 amide bonds. The number of hydrogen-bond donors (Lipinski definition) is 0. The van der Waals surface area contributed by atoms with Gasteiger partial charge in [0.25, 0.3) is 0 Å². The molecule has 4 rings (SSSR count). The van der Waals surface area contributed by atoms with Crippen LogP contribution in [0.1, 0.15) is 12.5 Å². The fourth-order valence-electron chi connectivity index (χ4n) is 3.53. The zero-order chi connectivity index (χ0) is 23.6. The van der Waals surface area contributed by atoms with Gasteiger partial charge in [0.2, 0.25) is 5.88 Å². The van der Waals surface area contributed by atoms with Gasteiger partial charge in [0.05, 0.1) is 16.2 Å². The van der Waals surface area contributed by atoms with Gasteiger partial charge in [0.15, 0.2) is 9.84 Å². The van der Waals surface area contributed by atoms with E-state index in [9.17, 15) is 17.2 Å². The van der Waals surface area contributed by atoms with Gasteiger partial charge in [-0.15, -0.1) is 5.10 Å². The summed E-state index contributed by atoms with van der Waals surface area (Å²) in [5.74, 6) is -0.356. The normalized spacial score (nSPS) is 11.5. The topological polar surface area (TPSA) is 61.2 Å². The van der Waals surface area contributed by atoms with Crippen LogP contribution < -0.4 is 4.74 Å². The van der Waals surface area contributed by atoms with Crippen molar-refractivity contribution in [1.29, 1.82) is 0 Å². The van der Waals surface area contributed by atoms with Crippen LogP contribution in [0.4, 0.5) is 8.78 Å². The Morgan fingerprint density at radius 2 is 1.39 bits per heavy atom. The maximum Gasteiger partial charge on any atom is 0.241 e. The highest BCUT2D eigenvalue weighted by Gasteiger charge is 2.22. The second-order valence-electron chi connectivity index (χ2n) is 7.56. The molecule has 33 heavy (non-hydrogen) atoms. The van der Waals surface area contributed by atoms with Crippen LogP contribution in [0.5, 0.6) is 5.88 Å². The fourth-order valence-corrected chi connectivity index (χ4v) is 4.16. The SMILES string of the molecule is CCn1nc(OCc2ccc(F)cc2)c(-c2ccc(F)cc2)c1-c1ccc(S(C)(=O)=O)cc1. The Bertz CT molecular complexity index is 1360. The number of benzene rings is 3. The van der Waals surface area contributed by atoms with Crippen LogP contribution >= 0.6 is 0 Å². The van der Waals surface area contributed by atoms with Crippen molar-refractivity contribution >= 4 is 9.84 Å². The number of aryl methyl sites for hydroxylation is 1. The average molecular weight is 469 g/mol. The Hall–Kier alpha value is -3.52. The molecule has 4 aromatic rings. The van der Waals surface area contributed by atoms with Gasteiger partial charge in [-0.2, -0.15) is 0 Å². The summed E-state index contributed by atoms with van der Waals surface area (Å²) in [5.41, 5.74) is 3.59. The van der Waals surface area contributed by atoms with Crippen LogP contribution in [0.3, 0.4) is 0 Å². The summed E-state index contributed by atoms with van der Waals surface area (Å²) in [5, 5.41) is 4.62. The highest BCUT2D eigenvalue weighted by molar-refractivity contribution is 7.90. The lowest BCUT2D eigenvalue weighted by Gasteiger charge is -2.10. The summed E-state index contributed by atoms with van der Waals surface area (Å²) in [6.07, 6.45) is 1.16. The standard InChI is InChI=1S/C25H22F2N2O3S/c1-3-29-24(19-8-14-22(15-9-19)33(2,30)31)23(18-6-12-21(27)13-7-18)25(28-29)32-16-17-4-10-20(26)11-5-17/h4-15H,3,16H2,1-2H3. The van der Waals surface area contributed by atoms with Crippen molar-refractivity contribution in [1.82, 2.24) is 9.78 Å². The predicted octanol–water partition coefficient (Wildman–Crippen LogP) is 5.50. The van der Waals surface area contributed by atoms with E-state index in [1.807, 2.05) is 6.92 Å². The molecule has 0 fully saturated rings. The number of ether oxygens (including phenoxy) is 1. The molecule has 0 radical (unpaired) electrons. The minimum Gasteiger partial charge on any atom is -0.471 e. The maximum atomic E-state index is 13.6. The van der Waals surface area contributed by atoms with Gasteiger partial charge in [-0.25, -0.2) is 17.2 Å². The van der Waals surface area contributed by atoms with E-state index in [2.05, 4.69) is 5.10 Å². The molecule has 0 unspecified atom stereocenters. The Labute approximate surface area is 191 Å². The van der Waals surface area contributed by atoms with E-state index >= 15 is 0 Å². The molecule has 0 bridgehead atoms. The van der Waals surface area contributed by atoms with Crippen LogP contribution in [-0.2, 0) is 23.0 Å². The molecular formula is C25H22F2N2O3S. The first-order chi connectivity index (χ1) is 15.8. The van der Waals surface area contributed by atoms with Crippen molar-refractivity contribution in [2.45, 2.75) is 25.0 Å². The summed E-state index contributed by atoms with van der Waals surface area (Å²) < 4.78 is 58.4. The zero-order valence-corrected chi connectivity index (χ0v) is 18.9. The number of halogens is 2. The van der Waals surface area contributed by atoms with Gasteiger partial charge in [-0.05, 0) is 54.4 Å². The summed E-state index contributed by atoms with van der Waals surface area (Å²) in [6, 6.07) is 18.5. The highest BCUT2D eigenvalue weighted by Crippen LogP contribution is 2.40. The molecule has 0 saturated carbocycles.